The number of hydrogen-bond acceptors (Lipinski definition) is 6. The van der Waals surface area contributed by atoms with Crippen LogP contribution in [0.4, 0.5) is 0 Å². The van der Waals surface area contributed by atoms with Crippen molar-refractivity contribution in [2.75, 3.05) is 13.2 Å². The third-order valence-electron chi connectivity index (χ3n) is 0.601. The van der Waals surface area contributed by atoms with Crippen LogP contribution in [0, 0.1) is 0 Å². The number of rotatable bonds is 6. The second kappa shape index (κ2) is 8.07. The molecule has 0 aliphatic rings. The Kier molecular flexibility index (Phi) is 10.0. The Morgan fingerprint density at radius 3 is 1.75 bits per heavy atom. The first kappa shape index (κ1) is 14.9. The Balaban J connectivity index is 0. The second-order valence-corrected chi connectivity index (χ2v) is 2.78. The molecule has 0 aliphatic heterocycles. The van der Waals surface area contributed by atoms with Gasteiger partial charge in [-0.1, -0.05) is 0 Å². The monoisotopic (exact) mass is 204 g/mol. The van der Waals surface area contributed by atoms with Gasteiger partial charge in [-0.2, -0.15) is 0 Å². The molecule has 6 nitrogen and oxygen atoms in total. The van der Waals surface area contributed by atoms with Gasteiger partial charge >= 0.3 is 29.6 Å². The molecule has 0 aromatic rings. The van der Waals surface area contributed by atoms with E-state index in [0.717, 1.165) is 0 Å². The molecule has 0 saturated carbocycles. The van der Waals surface area contributed by atoms with Gasteiger partial charge in [0.15, 0.2) is 0 Å². The molecular formula is C4H6NaO6P. The van der Waals surface area contributed by atoms with E-state index in [2.05, 4.69) is 9.05 Å². The molecule has 0 saturated heterocycles. The van der Waals surface area contributed by atoms with Crippen LogP contribution in [0.15, 0.2) is 0 Å². The molecule has 8 heteroatoms. The Morgan fingerprint density at radius 1 is 1.17 bits per heavy atom. The topological polar surface area (TPSA) is 92.7 Å². The maximum atomic E-state index is 10.4. The van der Waals surface area contributed by atoms with Crippen molar-refractivity contribution in [3.8, 4) is 0 Å². The van der Waals surface area contributed by atoms with Crippen LogP contribution >= 0.6 is 7.82 Å². The van der Waals surface area contributed by atoms with Gasteiger partial charge in [-0.05, 0) is 0 Å². The minimum atomic E-state index is -4.44. The largest absolute Gasteiger partial charge is 1.00 e. The summed E-state index contributed by atoms with van der Waals surface area (Å²) >= 11 is 0. The molecule has 12 heavy (non-hydrogen) atoms. The van der Waals surface area contributed by atoms with Crippen LogP contribution in [0.2, 0.25) is 0 Å². The summed E-state index contributed by atoms with van der Waals surface area (Å²) in [5.74, 6) is 0. The van der Waals surface area contributed by atoms with E-state index in [1.807, 2.05) is 0 Å². The Hall–Kier alpha value is 0.450. The molecule has 0 heterocycles. The van der Waals surface area contributed by atoms with Gasteiger partial charge in [0.05, 0.1) is 0 Å². The predicted molar refractivity (Wildman–Crippen MR) is 31.6 cm³/mol. The minimum Gasteiger partial charge on any atom is -0.756 e. The van der Waals surface area contributed by atoms with Crippen molar-refractivity contribution in [3.63, 3.8) is 0 Å². The van der Waals surface area contributed by atoms with E-state index in [1.165, 1.54) is 0 Å². The Bertz CT molecular complexity index is 166. The summed E-state index contributed by atoms with van der Waals surface area (Å²) < 4.78 is 18.3. The third kappa shape index (κ3) is 8.55. The predicted octanol–water partition coefficient (Wildman–Crippen LogP) is -4.11. The molecule has 0 N–H and O–H groups in total. The molecule has 0 atom stereocenters. The first-order valence-corrected chi connectivity index (χ1v) is 4.06. The zero-order chi connectivity index (χ0) is 8.74. The fraction of sp³-hybridized carbons (Fsp3) is 0.500. The van der Waals surface area contributed by atoms with Crippen molar-refractivity contribution < 1.29 is 57.7 Å². The second-order valence-electron chi connectivity index (χ2n) is 1.37. The fourth-order valence-corrected chi connectivity index (χ4v) is 0.842. The average molecular weight is 204 g/mol. The molecule has 0 rings (SSSR count). The summed E-state index contributed by atoms with van der Waals surface area (Å²) in [5, 5.41) is 0. The molecule has 0 aromatic carbocycles. The maximum absolute atomic E-state index is 10.4. The summed E-state index contributed by atoms with van der Waals surface area (Å²) in [5.41, 5.74) is 0. The van der Waals surface area contributed by atoms with Crippen molar-refractivity contribution in [1.29, 1.82) is 0 Å². The van der Waals surface area contributed by atoms with E-state index >= 15 is 0 Å². The number of carbonyl (C=O) groups excluding carboxylic acids is 2. The van der Waals surface area contributed by atoms with Gasteiger partial charge in [0, 0.05) is 0 Å². The van der Waals surface area contributed by atoms with E-state index < -0.39 is 21.0 Å². The molecule has 0 radical (unpaired) electrons. The van der Waals surface area contributed by atoms with E-state index in [1.54, 1.807) is 0 Å². The first-order chi connectivity index (χ1) is 5.12. The van der Waals surface area contributed by atoms with Gasteiger partial charge in [-0.3, -0.25) is 4.57 Å². The van der Waals surface area contributed by atoms with Gasteiger partial charge < -0.3 is 23.5 Å². The maximum Gasteiger partial charge on any atom is 1.00 e. The Morgan fingerprint density at radius 2 is 1.50 bits per heavy atom. The Labute approximate surface area is 91.1 Å². The SMILES string of the molecule is O=CCOP(=O)([O-])OCC=O.[Na+]. The van der Waals surface area contributed by atoms with Gasteiger partial charge in [0.2, 0.25) is 0 Å². The number of phosphoric acid groups is 1. The van der Waals surface area contributed by atoms with Crippen molar-refractivity contribution in [3.05, 3.63) is 0 Å². The molecule has 0 aromatic heterocycles. The molecule has 0 spiro atoms. The van der Waals surface area contributed by atoms with Crippen LogP contribution in [0.25, 0.3) is 0 Å². The first-order valence-electron chi connectivity index (χ1n) is 2.60. The zero-order valence-corrected chi connectivity index (χ0v) is 9.36. The van der Waals surface area contributed by atoms with Gasteiger partial charge in [-0.25, -0.2) is 0 Å². The van der Waals surface area contributed by atoms with Gasteiger partial charge in [0.1, 0.15) is 25.8 Å². The molecular weight excluding hydrogens is 198 g/mol. The number of carbonyl (C=O) groups is 2. The van der Waals surface area contributed by atoms with Crippen molar-refractivity contribution >= 4 is 20.4 Å². The third-order valence-corrected chi connectivity index (χ3v) is 1.53. The van der Waals surface area contributed by atoms with Crippen LogP contribution in [0.5, 0.6) is 0 Å². The molecule has 0 aliphatic carbocycles. The van der Waals surface area contributed by atoms with Crippen LogP contribution in [-0.4, -0.2) is 25.8 Å². The van der Waals surface area contributed by atoms with E-state index in [0.29, 0.717) is 0 Å². The number of aldehydes is 2. The van der Waals surface area contributed by atoms with Crippen molar-refractivity contribution in [1.82, 2.24) is 0 Å². The molecule has 64 valence electrons. The number of phosphoric ester groups is 1. The van der Waals surface area contributed by atoms with Gasteiger partial charge in [-0.15, -0.1) is 0 Å². The van der Waals surface area contributed by atoms with E-state index in [-0.39, 0.29) is 42.1 Å². The van der Waals surface area contributed by atoms with Crippen LogP contribution in [0.1, 0.15) is 0 Å². The molecule has 0 amide bonds. The zero-order valence-electron chi connectivity index (χ0n) is 6.47. The normalized spacial score (nSPS) is 10.1. The smallest absolute Gasteiger partial charge is 0.756 e. The summed E-state index contributed by atoms with van der Waals surface area (Å²) in [6, 6.07) is 0. The summed E-state index contributed by atoms with van der Waals surface area (Å²) in [4.78, 5) is 29.6. The van der Waals surface area contributed by atoms with Crippen molar-refractivity contribution in [2.24, 2.45) is 0 Å². The quantitative estimate of drug-likeness (QED) is 0.248. The standard InChI is InChI=1S/C4H7O6P.Na/c5-1-3-9-11(7,8)10-4-2-6;/h1-2H,3-4H2,(H,7,8);/q;+1/p-1. The molecule has 0 fully saturated rings. The molecule has 0 bridgehead atoms. The van der Waals surface area contributed by atoms with Crippen LogP contribution in [0.3, 0.4) is 0 Å². The van der Waals surface area contributed by atoms with Crippen LogP contribution < -0.4 is 34.5 Å². The average Bonchev–Trinajstić information content (AvgIpc) is 1.97. The van der Waals surface area contributed by atoms with E-state index in [4.69, 9.17) is 0 Å². The minimum absolute atomic E-state index is 0. The fourth-order valence-electron chi connectivity index (χ4n) is 0.281. The number of hydrogen-bond donors (Lipinski definition) is 0. The van der Waals surface area contributed by atoms with Crippen LogP contribution in [-0.2, 0) is 23.2 Å². The summed E-state index contributed by atoms with van der Waals surface area (Å²) in [6.07, 6.45) is 0.517. The van der Waals surface area contributed by atoms with Crippen molar-refractivity contribution in [2.45, 2.75) is 0 Å². The van der Waals surface area contributed by atoms with E-state index in [9.17, 15) is 19.0 Å². The molecule has 0 unspecified atom stereocenters. The van der Waals surface area contributed by atoms with Gasteiger partial charge in [0.25, 0.3) is 7.82 Å². The summed E-state index contributed by atoms with van der Waals surface area (Å²) in [6.45, 7) is -1.20. The summed E-state index contributed by atoms with van der Waals surface area (Å²) in [7, 11) is -4.44.